The van der Waals surface area contributed by atoms with Crippen LogP contribution in [0.2, 0.25) is 0 Å². The fourth-order valence-electron chi connectivity index (χ4n) is 1.19. The monoisotopic (exact) mass is 182 g/mol. The molecule has 0 amide bonds. The van der Waals surface area contributed by atoms with E-state index in [0.717, 1.165) is 13.0 Å². The minimum atomic E-state index is 0.256. The van der Waals surface area contributed by atoms with E-state index in [0.29, 0.717) is 0 Å². The predicted octanol–water partition coefficient (Wildman–Crippen LogP) is 3.71. The van der Waals surface area contributed by atoms with Gasteiger partial charge in [-0.1, -0.05) is 23.3 Å². The van der Waals surface area contributed by atoms with Crippen LogP contribution in [0.1, 0.15) is 41.0 Å². The second-order valence-corrected chi connectivity index (χ2v) is 3.58. The molecule has 13 heavy (non-hydrogen) atoms. The van der Waals surface area contributed by atoms with Gasteiger partial charge in [-0.25, -0.2) is 0 Å². The molecule has 0 aliphatic rings. The highest BCUT2D eigenvalue weighted by atomic mass is 16.5. The standard InChI is InChI=1S/C12H22O/c1-6-11(5)9-12(13-7-2)8-10(3)4/h6,8,12H,7,9H2,1-5H3. The zero-order chi connectivity index (χ0) is 10.3. The van der Waals surface area contributed by atoms with Gasteiger partial charge in [0, 0.05) is 6.61 Å². The average Bonchev–Trinajstić information content (AvgIpc) is 2.03. The number of hydrogen-bond acceptors (Lipinski definition) is 1. The lowest BCUT2D eigenvalue weighted by molar-refractivity contribution is 0.0961. The third-order valence-corrected chi connectivity index (χ3v) is 1.92. The van der Waals surface area contributed by atoms with Crippen molar-refractivity contribution in [2.24, 2.45) is 0 Å². The molecule has 0 saturated carbocycles. The Hall–Kier alpha value is -0.560. The van der Waals surface area contributed by atoms with Crippen molar-refractivity contribution < 1.29 is 4.74 Å². The highest BCUT2D eigenvalue weighted by Crippen LogP contribution is 2.11. The normalized spacial score (nSPS) is 14.1. The SMILES string of the molecule is CC=C(C)CC(C=C(C)C)OCC. The molecular formula is C12H22O. The summed E-state index contributed by atoms with van der Waals surface area (Å²) in [5.41, 5.74) is 2.71. The molecule has 0 N–H and O–H groups in total. The number of hydrogen-bond donors (Lipinski definition) is 0. The Bertz CT molecular complexity index is 185. The van der Waals surface area contributed by atoms with Gasteiger partial charge in [-0.2, -0.15) is 0 Å². The van der Waals surface area contributed by atoms with Gasteiger partial charge in [-0.15, -0.1) is 0 Å². The Labute approximate surface area is 82.5 Å². The first kappa shape index (κ1) is 12.4. The molecule has 76 valence electrons. The van der Waals surface area contributed by atoms with Crippen molar-refractivity contribution in [3.8, 4) is 0 Å². The smallest absolute Gasteiger partial charge is 0.0795 e. The van der Waals surface area contributed by atoms with Crippen molar-refractivity contribution in [3.05, 3.63) is 23.3 Å². The maximum atomic E-state index is 5.61. The summed E-state index contributed by atoms with van der Waals surface area (Å²) in [6, 6.07) is 0. The molecule has 0 spiro atoms. The van der Waals surface area contributed by atoms with E-state index in [9.17, 15) is 0 Å². The molecule has 1 heteroatoms. The van der Waals surface area contributed by atoms with Crippen LogP contribution in [0, 0.1) is 0 Å². The van der Waals surface area contributed by atoms with E-state index in [2.05, 4.69) is 39.8 Å². The van der Waals surface area contributed by atoms with Crippen LogP contribution < -0.4 is 0 Å². The summed E-state index contributed by atoms with van der Waals surface area (Å²) < 4.78 is 5.61. The summed E-state index contributed by atoms with van der Waals surface area (Å²) in [4.78, 5) is 0. The van der Waals surface area contributed by atoms with Crippen LogP contribution in [-0.2, 0) is 4.74 Å². The van der Waals surface area contributed by atoms with Gasteiger partial charge in [0.2, 0.25) is 0 Å². The lowest BCUT2D eigenvalue weighted by atomic mass is 10.1. The van der Waals surface area contributed by atoms with Crippen molar-refractivity contribution in [2.75, 3.05) is 6.61 Å². The largest absolute Gasteiger partial charge is 0.374 e. The van der Waals surface area contributed by atoms with Gasteiger partial charge in [0.05, 0.1) is 6.10 Å². The van der Waals surface area contributed by atoms with Crippen LogP contribution in [-0.4, -0.2) is 12.7 Å². The molecule has 1 unspecified atom stereocenters. The van der Waals surface area contributed by atoms with Crippen molar-refractivity contribution in [1.29, 1.82) is 0 Å². The summed E-state index contributed by atoms with van der Waals surface area (Å²) >= 11 is 0. The van der Waals surface area contributed by atoms with E-state index < -0.39 is 0 Å². The van der Waals surface area contributed by atoms with Gasteiger partial charge in [0.15, 0.2) is 0 Å². The fraction of sp³-hybridized carbons (Fsp3) is 0.667. The van der Waals surface area contributed by atoms with Gasteiger partial charge in [-0.3, -0.25) is 0 Å². The van der Waals surface area contributed by atoms with Gasteiger partial charge < -0.3 is 4.74 Å². The zero-order valence-corrected chi connectivity index (χ0v) is 9.55. The van der Waals surface area contributed by atoms with Gasteiger partial charge in [0.1, 0.15) is 0 Å². The lowest BCUT2D eigenvalue weighted by Crippen LogP contribution is -2.10. The third-order valence-electron chi connectivity index (χ3n) is 1.92. The highest BCUT2D eigenvalue weighted by molar-refractivity contribution is 5.06. The summed E-state index contributed by atoms with van der Waals surface area (Å²) in [6.07, 6.45) is 5.60. The molecule has 0 saturated heterocycles. The minimum Gasteiger partial charge on any atom is -0.374 e. The Kier molecular flexibility index (Phi) is 6.61. The van der Waals surface area contributed by atoms with E-state index in [1.54, 1.807) is 0 Å². The van der Waals surface area contributed by atoms with Crippen LogP contribution >= 0.6 is 0 Å². The molecule has 0 radical (unpaired) electrons. The summed E-state index contributed by atoms with van der Waals surface area (Å²) in [6.45, 7) is 11.3. The molecule has 0 rings (SSSR count). The second-order valence-electron chi connectivity index (χ2n) is 3.58. The van der Waals surface area contributed by atoms with E-state index in [-0.39, 0.29) is 6.10 Å². The second kappa shape index (κ2) is 6.90. The van der Waals surface area contributed by atoms with Crippen molar-refractivity contribution in [1.82, 2.24) is 0 Å². The quantitative estimate of drug-likeness (QED) is 0.589. The van der Waals surface area contributed by atoms with Crippen molar-refractivity contribution in [3.63, 3.8) is 0 Å². The van der Waals surface area contributed by atoms with Gasteiger partial charge in [0.25, 0.3) is 0 Å². The minimum absolute atomic E-state index is 0.256. The summed E-state index contributed by atoms with van der Waals surface area (Å²) in [5.74, 6) is 0. The van der Waals surface area contributed by atoms with Crippen LogP contribution in [0.5, 0.6) is 0 Å². The molecule has 0 aromatic rings. The summed E-state index contributed by atoms with van der Waals surface area (Å²) in [7, 11) is 0. The number of ether oxygens (including phenoxy) is 1. The summed E-state index contributed by atoms with van der Waals surface area (Å²) in [5, 5.41) is 0. The maximum Gasteiger partial charge on any atom is 0.0795 e. The number of allylic oxidation sites excluding steroid dienone is 2. The molecule has 0 aromatic carbocycles. The first-order chi connectivity index (χ1) is 6.10. The van der Waals surface area contributed by atoms with Gasteiger partial charge >= 0.3 is 0 Å². The average molecular weight is 182 g/mol. The van der Waals surface area contributed by atoms with E-state index in [1.807, 2.05) is 6.92 Å². The van der Waals surface area contributed by atoms with E-state index in [1.165, 1.54) is 11.1 Å². The molecular weight excluding hydrogens is 160 g/mol. The molecule has 1 nitrogen and oxygen atoms in total. The molecule has 0 aliphatic carbocycles. The lowest BCUT2D eigenvalue weighted by Gasteiger charge is -2.13. The Morgan fingerprint density at radius 3 is 2.31 bits per heavy atom. The molecule has 0 heterocycles. The Balaban J connectivity index is 4.18. The Morgan fingerprint density at radius 1 is 1.31 bits per heavy atom. The molecule has 0 aromatic heterocycles. The zero-order valence-electron chi connectivity index (χ0n) is 9.55. The maximum absolute atomic E-state index is 5.61. The fourth-order valence-corrected chi connectivity index (χ4v) is 1.19. The highest BCUT2D eigenvalue weighted by Gasteiger charge is 2.04. The molecule has 0 aliphatic heterocycles. The van der Waals surface area contributed by atoms with Gasteiger partial charge in [-0.05, 0) is 41.0 Å². The molecule has 0 fully saturated rings. The van der Waals surface area contributed by atoms with E-state index in [4.69, 9.17) is 4.74 Å². The van der Waals surface area contributed by atoms with E-state index >= 15 is 0 Å². The molecule has 1 atom stereocenters. The van der Waals surface area contributed by atoms with Crippen LogP contribution in [0.25, 0.3) is 0 Å². The topological polar surface area (TPSA) is 9.23 Å². The third kappa shape index (κ3) is 6.59. The predicted molar refractivity (Wildman–Crippen MR) is 58.9 cm³/mol. The van der Waals surface area contributed by atoms with Crippen LogP contribution in [0.4, 0.5) is 0 Å². The molecule has 0 bridgehead atoms. The first-order valence-electron chi connectivity index (χ1n) is 4.98. The van der Waals surface area contributed by atoms with Crippen molar-refractivity contribution in [2.45, 2.75) is 47.1 Å². The Morgan fingerprint density at radius 2 is 1.92 bits per heavy atom. The first-order valence-corrected chi connectivity index (χ1v) is 4.98. The van der Waals surface area contributed by atoms with Crippen molar-refractivity contribution >= 4 is 0 Å². The van der Waals surface area contributed by atoms with Crippen LogP contribution in [0.3, 0.4) is 0 Å². The van der Waals surface area contributed by atoms with Crippen LogP contribution in [0.15, 0.2) is 23.3 Å². The number of rotatable bonds is 5.